The molecule has 5 heteroatoms. The first kappa shape index (κ1) is 13.6. The first-order valence-corrected chi connectivity index (χ1v) is 8.21. The predicted octanol–water partition coefficient (Wildman–Crippen LogP) is 2.36. The summed E-state index contributed by atoms with van der Waals surface area (Å²) in [5, 5.41) is 3.86. The van der Waals surface area contributed by atoms with Crippen molar-refractivity contribution in [2.45, 2.75) is 44.2 Å². The minimum atomic E-state index is 0.128. The Morgan fingerprint density at radius 3 is 2.85 bits per heavy atom. The summed E-state index contributed by atoms with van der Waals surface area (Å²) in [7, 11) is 1.89. The van der Waals surface area contributed by atoms with Crippen LogP contribution in [0.1, 0.15) is 42.5 Å². The van der Waals surface area contributed by atoms with Gasteiger partial charge in [0.15, 0.2) is 0 Å². The zero-order valence-corrected chi connectivity index (χ0v) is 12.6. The largest absolute Gasteiger partial charge is 0.341 e. The quantitative estimate of drug-likeness (QED) is 0.797. The molecule has 0 unspecified atom stereocenters. The van der Waals surface area contributed by atoms with Gasteiger partial charge in [-0.25, -0.2) is 0 Å². The number of hydrogen-bond donors (Lipinski definition) is 0. The lowest BCUT2D eigenvalue weighted by Gasteiger charge is -2.43. The van der Waals surface area contributed by atoms with Gasteiger partial charge in [0.1, 0.15) is 0 Å². The molecule has 0 spiro atoms. The second kappa shape index (κ2) is 5.56. The van der Waals surface area contributed by atoms with Gasteiger partial charge in [0.05, 0.1) is 17.6 Å². The van der Waals surface area contributed by atoms with E-state index in [-0.39, 0.29) is 23.9 Å². The maximum absolute atomic E-state index is 12.6. The molecule has 108 valence electrons. The third-order valence-corrected chi connectivity index (χ3v) is 5.24. The monoisotopic (exact) mass is 292 g/mol. The fraction of sp³-hybridized carbons (Fsp3) is 0.600. The van der Waals surface area contributed by atoms with Crippen molar-refractivity contribution in [3.63, 3.8) is 0 Å². The number of thiophene rings is 1. The minimum absolute atomic E-state index is 0.128. The Bertz CT molecular complexity index is 500. The minimum Gasteiger partial charge on any atom is -0.341 e. The molecule has 2 atom stereocenters. The van der Waals surface area contributed by atoms with Crippen LogP contribution in [-0.2, 0) is 4.79 Å². The van der Waals surface area contributed by atoms with E-state index in [9.17, 15) is 9.59 Å². The molecule has 0 aliphatic carbocycles. The average molecular weight is 292 g/mol. The standard InChI is InChI=1S/C15H20N2O2S/c1-16-12-5-3-8-17(13(12)4-2-6-14(16)18)15(19)11-7-9-20-10-11/h7,9-10,12-13H,2-6,8H2,1H3/t12-,13-/m1/s1. The lowest BCUT2D eigenvalue weighted by molar-refractivity contribution is -0.132. The van der Waals surface area contributed by atoms with Gasteiger partial charge in [-0.2, -0.15) is 11.3 Å². The molecule has 2 aliphatic heterocycles. The summed E-state index contributed by atoms with van der Waals surface area (Å²) in [6.07, 6.45) is 4.44. The highest BCUT2D eigenvalue weighted by molar-refractivity contribution is 7.08. The maximum Gasteiger partial charge on any atom is 0.255 e. The first-order chi connectivity index (χ1) is 9.68. The molecule has 4 nitrogen and oxygen atoms in total. The third kappa shape index (κ3) is 2.35. The highest BCUT2D eigenvalue weighted by atomic mass is 32.1. The number of rotatable bonds is 1. The van der Waals surface area contributed by atoms with E-state index in [0.717, 1.165) is 37.8 Å². The molecule has 1 aromatic heterocycles. The summed E-state index contributed by atoms with van der Waals surface area (Å²) in [5.74, 6) is 0.353. The topological polar surface area (TPSA) is 40.6 Å². The number of likely N-dealkylation sites (N-methyl/N-ethyl adjacent to an activating group) is 1. The van der Waals surface area contributed by atoms with Crippen molar-refractivity contribution in [2.75, 3.05) is 13.6 Å². The van der Waals surface area contributed by atoms with Gasteiger partial charge in [-0.05, 0) is 37.1 Å². The van der Waals surface area contributed by atoms with Crippen LogP contribution in [0, 0.1) is 0 Å². The van der Waals surface area contributed by atoms with Gasteiger partial charge in [-0.15, -0.1) is 0 Å². The van der Waals surface area contributed by atoms with Crippen molar-refractivity contribution in [2.24, 2.45) is 0 Å². The van der Waals surface area contributed by atoms with Gasteiger partial charge >= 0.3 is 0 Å². The van der Waals surface area contributed by atoms with E-state index in [1.165, 1.54) is 0 Å². The van der Waals surface area contributed by atoms with Crippen LogP contribution in [0.4, 0.5) is 0 Å². The molecule has 2 amide bonds. The normalized spacial score (nSPS) is 27.1. The van der Waals surface area contributed by atoms with Crippen molar-refractivity contribution in [1.82, 2.24) is 9.80 Å². The van der Waals surface area contributed by atoms with Gasteiger partial charge in [-0.1, -0.05) is 0 Å². The summed E-state index contributed by atoms with van der Waals surface area (Å²) < 4.78 is 0. The molecule has 20 heavy (non-hydrogen) atoms. The van der Waals surface area contributed by atoms with E-state index < -0.39 is 0 Å². The summed E-state index contributed by atoms with van der Waals surface area (Å²) in [6, 6.07) is 2.27. The Balaban J connectivity index is 1.85. The molecule has 0 aromatic carbocycles. The molecule has 0 N–H and O–H groups in total. The van der Waals surface area contributed by atoms with Crippen LogP contribution in [0.2, 0.25) is 0 Å². The molecule has 0 radical (unpaired) electrons. The fourth-order valence-corrected chi connectivity index (χ4v) is 4.09. The van der Waals surface area contributed by atoms with E-state index in [0.29, 0.717) is 6.42 Å². The Morgan fingerprint density at radius 2 is 2.10 bits per heavy atom. The molecule has 2 fully saturated rings. The average Bonchev–Trinajstić information content (AvgIpc) is 2.95. The van der Waals surface area contributed by atoms with Gasteiger partial charge in [0, 0.05) is 25.4 Å². The van der Waals surface area contributed by atoms with Crippen LogP contribution in [0.15, 0.2) is 16.8 Å². The Morgan fingerprint density at radius 1 is 1.30 bits per heavy atom. The van der Waals surface area contributed by atoms with Crippen molar-refractivity contribution < 1.29 is 9.59 Å². The van der Waals surface area contributed by atoms with Crippen LogP contribution < -0.4 is 0 Å². The van der Waals surface area contributed by atoms with E-state index in [1.54, 1.807) is 11.3 Å². The van der Waals surface area contributed by atoms with Crippen LogP contribution in [0.5, 0.6) is 0 Å². The predicted molar refractivity (Wildman–Crippen MR) is 78.8 cm³/mol. The molecule has 1 aromatic rings. The van der Waals surface area contributed by atoms with Crippen LogP contribution in [0.3, 0.4) is 0 Å². The van der Waals surface area contributed by atoms with Crippen LogP contribution in [-0.4, -0.2) is 47.3 Å². The van der Waals surface area contributed by atoms with E-state index in [2.05, 4.69) is 0 Å². The molecular weight excluding hydrogens is 272 g/mol. The van der Waals surface area contributed by atoms with Crippen LogP contribution in [0.25, 0.3) is 0 Å². The lowest BCUT2D eigenvalue weighted by atomic mass is 9.92. The van der Waals surface area contributed by atoms with E-state index in [1.807, 2.05) is 33.7 Å². The van der Waals surface area contributed by atoms with Crippen molar-refractivity contribution in [3.8, 4) is 0 Å². The zero-order chi connectivity index (χ0) is 14.1. The third-order valence-electron chi connectivity index (χ3n) is 4.55. The number of amides is 2. The molecule has 2 saturated heterocycles. The first-order valence-electron chi connectivity index (χ1n) is 7.27. The second-order valence-electron chi connectivity index (χ2n) is 5.68. The number of hydrogen-bond acceptors (Lipinski definition) is 3. The number of likely N-dealkylation sites (tertiary alicyclic amines) is 2. The molecule has 0 saturated carbocycles. The molecular formula is C15H20N2O2S. The molecule has 2 aliphatic rings. The van der Waals surface area contributed by atoms with Crippen molar-refractivity contribution in [3.05, 3.63) is 22.4 Å². The van der Waals surface area contributed by atoms with Gasteiger partial charge in [0.25, 0.3) is 5.91 Å². The smallest absolute Gasteiger partial charge is 0.255 e. The highest BCUT2D eigenvalue weighted by Crippen LogP contribution is 2.30. The molecule has 0 bridgehead atoms. The SMILES string of the molecule is CN1C(=O)CCC[C@@H]2[C@H]1CCCN2C(=O)c1ccsc1. The summed E-state index contributed by atoms with van der Waals surface area (Å²) in [6.45, 7) is 0.817. The highest BCUT2D eigenvalue weighted by Gasteiger charge is 2.39. The Hall–Kier alpha value is -1.36. The van der Waals surface area contributed by atoms with Crippen LogP contribution >= 0.6 is 11.3 Å². The summed E-state index contributed by atoms with van der Waals surface area (Å²) in [4.78, 5) is 28.5. The number of carbonyl (C=O) groups excluding carboxylic acids is 2. The van der Waals surface area contributed by atoms with E-state index >= 15 is 0 Å². The number of piperidine rings is 1. The van der Waals surface area contributed by atoms with Gasteiger partial charge < -0.3 is 9.80 Å². The lowest BCUT2D eigenvalue weighted by Crippen LogP contribution is -2.56. The fourth-order valence-electron chi connectivity index (χ4n) is 3.46. The molecule has 3 heterocycles. The summed E-state index contributed by atoms with van der Waals surface area (Å²) >= 11 is 1.55. The Kier molecular flexibility index (Phi) is 3.78. The van der Waals surface area contributed by atoms with Crippen molar-refractivity contribution >= 4 is 23.2 Å². The maximum atomic E-state index is 12.6. The Labute approximate surface area is 123 Å². The number of nitrogens with zero attached hydrogens (tertiary/aromatic N) is 2. The van der Waals surface area contributed by atoms with Gasteiger partial charge in [-0.3, -0.25) is 9.59 Å². The molecule has 3 rings (SSSR count). The number of carbonyl (C=O) groups is 2. The van der Waals surface area contributed by atoms with Gasteiger partial charge in [0.2, 0.25) is 5.91 Å². The number of fused-ring (bicyclic) bond motifs is 1. The second-order valence-corrected chi connectivity index (χ2v) is 6.46. The summed E-state index contributed by atoms with van der Waals surface area (Å²) in [5.41, 5.74) is 0.786. The zero-order valence-electron chi connectivity index (χ0n) is 11.7. The van der Waals surface area contributed by atoms with Crippen molar-refractivity contribution in [1.29, 1.82) is 0 Å². The van der Waals surface area contributed by atoms with E-state index in [4.69, 9.17) is 0 Å².